The molecule has 5 nitrogen and oxygen atoms in total. The molecule has 1 aliphatic heterocycles. The maximum atomic E-state index is 5.93. The van der Waals surface area contributed by atoms with Crippen LogP contribution in [0, 0.1) is 0 Å². The number of guanidine groups is 1. The summed E-state index contributed by atoms with van der Waals surface area (Å²) in [6.45, 7) is 3.08. The van der Waals surface area contributed by atoms with Gasteiger partial charge in [-0.3, -0.25) is 4.98 Å². The Morgan fingerprint density at radius 3 is 3.06 bits per heavy atom. The number of nitrogens with two attached hydrogens (primary N) is 1. The second-order valence-corrected chi connectivity index (χ2v) is 5.10. The van der Waals surface area contributed by atoms with Gasteiger partial charge in [-0.05, 0) is 12.1 Å². The monoisotopic (exact) mass is 266 g/mol. The Morgan fingerprint density at radius 2 is 2.33 bits per heavy atom. The first-order valence-electron chi connectivity index (χ1n) is 6.02. The largest absolute Gasteiger partial charge is 0.490 e. The molecule has 1 saturated heterocycles. The van der Waals surface area contributed by atoms with Crippen LogP contribution in [0.4, 0.5) is 0 Å². The number of ether oxygens (including phenoxy) is 1. The lowest BCUT2D eigenvalue weighted by molar-refractivity contribution is 0.326. The van der Waals surface area contributed by atoms with Crippen LogP contribution in [0.3, 0.4) is 0 Å². The Hall–Kier alpha value is -1.43. The molecule has 1 aliphatic rings. The molecule has 0 aromatic carbocycles. The molecule has 2 heterocycles. The lowest BCUT2D eigenvalue weighted by Gasteiger charge is -2.27. The number of pyridine rings is 1. The Balaban J connectivity index is 1.70. The summed E-state index contributed by atoms with van der Waals surface area (Å²) >= 11 is 1.96. The summed E-state index contributed by atoms with van der Waals surface area (Å²) in [6.07, 6.45) is 3.41. The fourth-order valence-corrected chi connectivity index (χ4v) is 2.55. The van der Waals surface area contributed by atoms with Crippen molar-refractivity contribution >= 4 is 17.7 Å². The van der Waals surface area contributed by atoms with Crippen LogP contribution in [0.2, 0.25) is 0 Å². The number of aliphatic imine (C=N–C) groups is 1. The van der Waals surface area contributed by atoms with Crippen molar-refractivity contribution in [2.45, 2.75) is 0 Å². The Labute approximate surface area is 111 Å². The van der Waals surface area contributed by atoms with Crippen molar-refractivity contribution in [2.24, 2.45) is 10.7 Å². The van der Waals surface area contributed by atoms with Crippen LogP contribution in [-0.2, 0) is 0 Å². The number of aromatic nitrogens is 1. The van der Waals surface area contributed by atoms with Crippen molar-refractivity contribution in [3.63, 3.8) is 0 Å². The summed E-state index contributed by atoms with van der Waals surface area (Å²) < 4.78 is 5.50. The molecule has 1 fully saturated rings. The van der Waals surface area contributed by atoms with E-state index in [1.165, 1.54) is 0 Å². The molecule has 0 aliphatic carbocycles. The molecular formula is C12H18N4OS. The van der Waals surface area contributed by atoms with Gasteiger partial charge in [-0.1, -0.05) is 0 Å². The fraction of sp³-hybridized carbons (Fsp3) is 0.500. The zero-order chi connectivity index (χ0) is 12.6. The SMILES string of the molecule is NC(=NCCOc1cccnc1)N1CCSCC1. The molecule has 18 heavy (non-hydrogen) atoms. The predicted octanol–water partition coefficient (Wildman–Crippen LogP) is 0.824. The maximum Gasteiger partial charge on any atom is 0.191 e. The van der Waals surface area contributed by atoms with E-state index in [0.717, 1.165) is 30.3 Å². The van der Waals surface area contributed by atoms with E-state index in [4.69, 9.17) is 10.5 Å². The summed E-state index contributed by atoms with van der Waals surface area (Å²) in [6, 6.07) is 3.72. The molecule has 0 unspecified atom stereocenters. The quantitative estimate of drug-likeness (QED) is 0.497. The molecule has 6 heteroatoms. The summed E-state index contributed by atoms with van der Waals surface area (Å²) in [7, 11) is 0. The van der Waals surface area contributed by atoms with Crippen molar-refractivity contribution in [3.05, 3.63) is 24.5 Å². The summed E-state index contributed by atoms with van der Waals surface area (Å²) in [5, 5.41) is 0. The van der Waals surface area contributed by atoms with Gasteiger partial charge in [0.15, 0.2) is 5.96 Å². The van der Waals surface area contributed by atoms with Crippen LogP contribution in [-0.4, -0.2) is 53.6 Å². The highest BCUT2D eigenvalue weighted by molar-refractivity contribution is 7.99. The normalized spacial score (nSPS) is 16.7. The minimum absolute atomic E-state index is 0.523. The average Bonchev–Trinajstić information content (AvgIpc) is 2.45. The van der Waals surface area contributed by atoms with E-state index in [2.05, 4.69) is 14.9 Å². The number of rotatable bonds is 4. The topological polar surface area (TPSA) is 63.7 Å². The first-order chi connectivity index (χ1) is 8.86. The van der Waals surface area contributed by atoms with Gasteiger partial charge in [0.05, 0.1) is 12.7 Å². The highest BCUT2D eigenvalue weighted by Crippen LogP contribution is 2.08. The van der Waals surface area contributed by atoms with Crippen molar-refractivity contribution in [1.82, 2.24) is 9.88 Å². The molecule has 1 aromatic heterocycles. The van der Waals surface area contributed by atoms with Gasteiger partial charge in [-0.15, -0.1) is 0 Å². The van der Waals surface area contributed by atoms with E-state index in [0.29, 0.717) is 19.1 Å². The summed E-state index contributed by atoms with van der Waals surface area (Å²) in [5.74, 6) is 3.65. The highest BCUT2D eigenvalue weighted by atomic mass is 32.2. The van der Waals surface area contributed by atoms with Crippen LogP contribution < -0.4 is 10.5 Å². The van der Waals surface area contributed by atoms with Crippen LogP contribution in [0.15, 0.2) is 29.5 Å². The third kappa shape index (κ3) is 4.10. The van der Waals surface area contributed by atoms with Crippen LogP contribution in [0.25, 0.3) is 0 Å². The van der Waals surface area contributed by atoms with Crippen LogP contribution in [0.5, 0.6) is 5.75 Å². The average molecular weight is 266 g/mol. The van der Waals surface area contributed by atoms with Gasteiger partial charge >= 0.3 is 0 Å². The van der Waals surface area contributed by atoms with Gasteiger partial charge in [-0.2, -0.15) is 11.8 Å². The minimum atomic E-state index is 0.523. The predicted molar refractivity (Wildman–Crippen MR) is 75.1 cm³/mol. The van der Waals surface area contributed by atoms with Gasteiger partial charge in [0.25, 0.3) is 0 Å². The van der Waals surface area contributed by atoms with Crippen molar-refractivity contribution in [3.8, 4) is 5.75 Å². The van der Waals surface area contributed by atoms with Gasteiger partial charge in [0, 0.05) is 30.8 Å². The number of hydrogen-bond acceptors (Lipinski definition) is 4. The van der Waals surface area contributed by atoms with E-state index in [1.807, 2.05) is 23.9 Å². The smallest absolute Gasteiger partial charge is 0.191 e. The van der Waals surface area contributed by atoms with E-state index >= 15 is 0 Å². The van der Waals surface area contributed by atoms with Crippen LogP contribution in [0.1, 0.15) is 0 Å². The van der Waals surface area contributed by atoms with Crippen molar-refractivity contribution < 1.29 is 4.74 Å². The molecule has 0 atom stereocenters. The second kappa shape index (κ2) is 7.10. The fourth-order valence-electron chi connectivity index (χ4n) is 1.65. The lowest BCUT2D eigenvalue weighted by atomic mass is 10.5. The molecule has 2 rings (SSSR count). The van der Waals surface area contributed by atoms with E-state index in [1.54, 1.807) is 12.4 Å². The van der Waals surface area contributed by atoms with E-state index in [9.17, 15) is 0 Å². The van der Waals surface area contributed by atoms with Crippen molar-refractivity contribution in [1.29, 1.82) is 0 Å². The molecule has 2 N–H and O–H groups in total. The van der Waals surface area contributed by atoms with Gasteiger partial charge in [-0.25, -0.2) is 4.99 Å². The zero-order valence-corrected chi connectivity index (χ0v) is 11.1. The van der Waals surface area contributed by atoms with Gasteiger partial charge in [0.2, 0.25) is 0 Å². The molecule has 1 aromatic rings. The standard InChI is InChI=1S/C12H18N4OS/c13-12(16-5-8-18-9-6-16)15-4-7-17-11-2-1-3-14-10-11/h1-3,10H,4-9H2,(H2,13,15). The van der Waals surface area contributed by atoms with Gasteiger partial charge < -0.3 is 15.4 Å². The van der Waals surface area contributed by atoms with Crippen molar-refractivity contribution in [2.75, 3.05) is 37.7 Å². The van der Waals surface area contributed by atoms with E-state index < -0.39 is 0 Å². The molecule has 0 bridgehead atoms. The van der Waals surface area contributed by atoms with E-state index in [-0.39, 0.29) is 0 Å². The number of thioether (sulfide) groups is 1. The lowest BCUT2D eigenvalue weighted by Crippen LogP contribution is -2.42. The molecule has 0 spiro atoms. The molecular weight excluding hydrogens is 248 g/mol. The molecule has 98 valence electrons. The third-order valence-corrected chi connectivity index (χ3v) is 3.55. The maximum absolute atomic E-state index is 5.93. The first-order valence-corrected chi connectivity index (χ1v) is 7.17. The Bertz CT molecular complexity index is 379. The minimum Gasteiger partial charge on any atom is -0.490 e. The van der Waals surface area contributed by atoms with Gasteiger partial charge in [0.1, 0.15) is 12.4 Å². The zero-order valence-electron chi connectivity index (χ0n) is 10.3. The Kier molecular flexibility index (Phi) is 5.14. The summed E-state index contributed by atoms with van der Waals surface area (Å²) in [4.78, 5) is 10.4. The third-order valence-electron chi connectivity index (χ3n) is 2.60. The Morgan fingerprint density at radius 1 is 1.50 bits per heavy atom. The number of nitrogens with zero attached hydrogens (tertiary/aromatic N) is 3. The summed E-state index contributed by atoms with van der Waals surface area (Å²) in [5.41, 5.74) is 5.93. The first kappa shape index (κ1) is 13.0. The molecule has 0 radical (unpaired) electrons. The highest BCUT2D eigenvalue weighted by Gasteiger charge is 2.11. The van der Waals surface area contributed by atoms with Crippen LogP contribution >= 0.6 is 11.8 Å². The molecule has 0 saturated carbocycles. The number of hydrogen-bond donors (Lipinski definition) is 1. The molecule has 0 amide bonds. The second-order valence-electron chi connectivity index (χ2n) is 3.88.